The van der Waals surface area contributed by atoms with Gasteiger partial charge < -0.3 is 24.3 Å². The quantitative estimate of drug-likeness (QED) is 0.561. The largest absolute Gasteiger partial charge is 0.486 e. The number of nitrogens with zero attached hydrogens (tertiary/aromatic N) is 2. The molecule has 0 unspecified atom stereocenters. The average Bonchev–Trinajstić information content (AvgIpc) is 2.83. The van der Waals surface area contributed by atoms with E-state index in [0.29, 0.717) is 25.8 Å². The first-order valence-corrected chi connectivity index (χ1v) is 12.1. The highest BCUT2D eigenvalue weighted by Crippen LogP contribution is 2.30. The number of likely N-dealkylation sites (tertiary alicyclic amines) is 1. The van der Waals surface area contributed by atoms with Crippen molar-refractivity contribution in [1.82, 2.24) is 14.8 Å². The zero-order chi connectivity index (χ0) is 21.9. The zero-order valence-corrected chi connectivity index (χ0v) is 19.6. The van der Waals surface area contributed by atoms with Gasteiger partial charge in [-0.1, -0.05) is 22.0 Å². The van der Waals surface area contributed by atoms with Crippen molar-refractivity contribution in [2.24, 2.45) is 0 Å². The molecule has 2 aromatic carbocycles. The van der Waals surface area contributed by atoms with Gasteiger partial charge in [0.15, 0.2) is 11.5 Å². The van der Waals surface area contributed by atoms with Crippen molar-refractivity contribution in [2.75, 3.05) is 32.8 Å². The Morgan fingerprint density at radius 1 is 0.938 bits per heavy atom. The van der Waals surface area contributed by atoms with Crippen LogP contribution >= 0.6 is 15.9 Å². The van der Waals surface area contributed by atoms with E-state index in [4.69, 9.17) is 9.47 Å². The van der Waals surface area contributed by atoms with Gasteiger partial charge >= 0.3 is 0 Å². The van der Waals surface area contributed by atoms with Crippen molar-refractivity contribution < 1.29 is 9.47 Å². The highest BCUT2D eigenvalue weighted by Gasteiger charge is 2.19. The zero-order valence-electron chi connectivity index (χ0n) is 18.1. The SMILES string of the molecule is O=c1ccc2cc(Br)ccc2n1CCN1CCC(NCc2ccc3c(c2)OCCO3)CC1. The van der Waals surface area contributed by atoms with Crippen LogP contribution in [0.25, 0.3) is 10.9 Å². The molecule has 2 aliphatic rings. The van der Waals surface area contributed by atoms with Crippen LogP contribution < -0.4 is 20.3 Å². The molecule has 0 atom stereocenters. The van der Waals surface area contributed by atoms with Crippen molar-refractivity contribution in [3.63, 3.8) is 0 Å². The van der Waals surface area contributed by atoms with Gasteiger partial charge in [-0.05, 0) is 73.3 Å². The summed E-state index contributed by atoms with van der Waals surface area (Å²) in [4.78, 5) is 14.9. The number of rotatable bonds is 6. The predicted molar refractivity (Wildman–Crippen MR) is 130 cm³/mol. The molecule has 7 heteroatoms. The van der Waals surface area contributed by atoms with Crippen LogP contribution in [0.15, 0.2) is 57.8 Å². The van der Waals surface area contributed by atoms with Gasteiger partial charge in [-0.3, -0.25) is 4.79 Å². The minimum absolute atomic E-state index is 0.0656. The Balaban J connectivity index is 1.12. The van der Waals surface area contributed by atoms with E-state index in [0.717, 1.165) is 65.9 Å². The fourth-order valence-electron chi connectivity index (χ4n) is 4.57. The summed E-state index contributed by atoms with van der Waals surface area (Å²) in [6.07, 6.45) is 2.23. The minimum atomic E-state index is 0.0656. The molecule has 0 radical (unpaired) electrons. The molecule has 1 fully saturated rings. The van der Waals surface area contributed by atoms with Gasteiger partial charge in [0.25, 0.3) is 5.56 Å². The first-order valence-electron chi connectivity index (χ1n) is 11.3. The van der Waals surface area contributed by atoms with Crippen LogP contribution in [0.2, 0.25) is 0 Å². The molecular formula is C25H28BrN3O3. The maximum Gasteiger partial charge on any atom is 0.251 e. The number of piperidine rings is 1. The molecule has 0 aliphatic carbocycles. The number of nitrogens with one attached hydrogen (secondary N) is 1. The molecule has 0 bridgehead atoms. The van der Waals surface area contributed by atoms with E-state index in [2.05, 4.69) is 44.3 Å². The lowest BCUT2D eigenvalue weighted by Crippen LogP contribution is -2.43. The van der Waals surface area contributed by atoms with E-state index >= 15 is 0 Å². The summed E-state index contributed by atoms with van der Waals surface area (Å²) in [5.41, 5.74) is 2.28. The third-order valence-corrected chi connectivity index (χ3v) is 6.87. The number of fused-ring (bicyclic) bond motifs is 2. The standard InChI is InChI=1S/C25H28BrN3O3/c26-20-3-4-22-19(16-20)2-6-25(30)29(22)12-11-28-9-7-21(8-10-28)27-17-18-1-5-23-24(15-18)32-14-13-31-23/h1-6,15-16,21,27H,7-14,17H2. The molecule has 5 rings (SSSR count). The van der Waals surface area contributed by atoms with Crippen LogP contribution in [0.3, 0.4) is 0 Å². The van der Waals surface area contributed by atoms with Gasteiger partial charge in [-0.15, -0.1) is 0 Å². The summed E-state index contributed by atoms with van der Waals surface area (Å²) in [5.74, 6) is 1.69. The summed E-state index contributed by atoms with van der Waals surface area (Å²) in [6.45, 7) is 5.77. The second-order valence-corrected chi connectivity index (χ2v) is 9.42. The molecule has 6 nitrogen and oxygen atoms in total. The summed E-state index contributed by atoms with van der Waals surface area (Å²) >= 11 is 3.51. The topological polar surface area (TPSA) is 55.7 Å². The molecule has 0 amide bonds. The fraction of sp³-hybridized carbons (Fsp3) is 0.400. The van der Waals surface area contributed by atoms with Gasteiger partial charge in [-0.25, -0.2) is 0 Å². The Bertz CT molecular complexity index is 1150. The van der Waals surface area contributed by atoms with E-state index in [9.17, 15) is 4.79 Å². The van der Waals surface area contributed by atoms with Crippen molar-refractivity contribution in [3.05, 3.63) is 68.9 Å². The lowest BCUT2D eigenvalue weighted by atomic mass is 10.0. The Hall–Kier alpha value is -2.35. The number of pyridine rings is 1. The highest BCUT2D eigenvalue weighted by atomic mass is 79.9. The number of benzene rings is 2. The van der Waals surface area contributed by atoms with Gasteiger partial charge in [0.05, 0.1) is 5.52 Å². The lowest BCUT2D eigenvalue weighted by Gasteiger charge is -2.32. The van der Waals surface area contributed by atoms with E-state index in [-0.39, 0.29) is 5.56 Å². The van der Waals surface area contributed by atoms with E-state index < -0.39 is 0 Å². The van der Waals surface area contributed by atoms with Crippen molar-refractivity contribution in [2.45, 2.75) is 32.0 Å². The fourth-order valence-corrected chi connectivity index (χ4v) is 4.95. The van der Waals surface area contributed by atoms with E-state index in [1.54, 1.807) is 6.07 Å². The maximum atomic E-state index is 12.5. The summed E-state index contributed by atoms with van der Waals surface area (Å²) in [7, 11) is 0. The molecule has 168 valence electrons. The molecular weight excluding hydrogens is 470 g/mol. The van der Waals surface area contributed by atoms with Crippen LogP contribution in [0.1, 0.15) is 18.4 Å². The smallest absolute Gasteiger partial charge is 0.251 e. The maximum absolute atomic E-state index is 12.5. The predicted octanol–water partition coefficient (Wildman–Crippen LogP) is 3.79. The molecule has 2 aliphatic heterocycles. The molecule has 3 heterocycles. The molecule has 32 heavy (non-hydrogen) atoms. The summed E-state index contributed by atoms with van der Waals surface area (Å²) < 4.78 is 14.2. The normalized spacial score (nSPS) is 17.0. The van der Waals surface area contributed by atoms with Gasteiger partial charge in [0.2, 0.25) is 0 Å². The van der Waals surface area contributed by atoms with Crippen LogP contribution in [0, 0.1) is 0 Å². The van der Waals surface area contributed by atoms with Crippen LogP contribution in [0.5, 0.6) is 11.5 Å². The Kier molecular flexibility index (Phi) is 6.48. The Morgan fingerprint density at radius 2 is 1.75 bits per heavy atom. The molecule has 1 aromatic heterocycles. The molecule has 1 N–H and O–H groups in total. The van der Waals surface area contributed by atoms with E-state index in [1.165, 1.54) is 5.56 Å². The minimum Gasteiger partial charge on any atom is -0.486 e. The number of hydrogen-bond acceptors (Lipinski definition) is 5. The van der Waals surface area contributed by atoms with Crippen LogP contribution in [-0.2, 0) is 13.1 Å². The highest BCUT2D eigenvalue weighted by molar-refractivity contribution is 9.10. The summed E-state index contributed by atoms with van der Waals surface area (Å²) in [5, 5.41) is 4.78. The molecule has 0 saturated carbocycles. The van der Waals surface area contributed by atoms with Gasteiger partial charge in [-0.2, -0.15) is 0 Å². The van der Waals surface area contributed by atoms with Gasteiger partial charge in [0, 0.05) is 36.2 Å². The Labute approximate surface area is 196 Å². The number of ether oxygens (including phenoxy) is 2. The first kappa shape index (κ1) is 21.5. The number of hydrogen-bond donors (Lipinski definition) is 1. The van der Waals surface area contributed by atoms with Crippen molar-refractivity contribution in [3.8, 4) is 11.5 Å². The third kappa shape index (κ3) is 4.85. The van der Waals surface area contributed by atoms with Gasteiger partial charge in [0.1, 0.15) is 13.2 Å². The van der Waals surface area contributed by atoms with E-state index in [1.807, 2.05) is 28.8 Å². The second kappa shape index (κ2) is 9.65. The molecule has 0 spiro atoms. The van der Waals surface area contributed by atoms with Crippen LogP contribution in [-0.4, -0.2) is 48.4 Å². The van der Waals surface area contributed by atoms with Crippen molar-refractivity contribution >= 4 is 26.8 Å². The summed E-state index contributed by atoms with van der Waals surface area (Å²) in [6, 6.07) is 16.4. The third-order valence-electron chi connectivity index (χ3n) is 6.38. The van der Waals surface area contributed by atoms with Crippen LogP contribution in [0.4, 0.5) is 0 Å². The number of aromatic nitrogens is 1. The first-order chi connectivity index (χ1) is 15.7. The lowest BCUT2D eigenvalue weighted by molar-refractivity contribution is 0.171. The monoisotopic (exact) mass is 497 g/mol. The average molecular weight is 498 g/mol. The Morgan fingerprint density at radius 3 is 2.59 bits per heavy atom. The molecule has 1 saturated heterocycles. The second-order valence-electron chi connectivity index (χ2n) is 8.50. The van der Waals surface area contributed by atoms with Crippen molar-refractivity contribution in [1.29, 1.82) is 0 Å². The number of halogens is 1. The molecule has 3 aromatic rings.